The molecule has 0 atom stereocenters. The third kappa shape index (κ3) is 4.17. The zero-order valence-corrected chi connectivity index (χ0v) is 17.2. The lowest BCUT2D eigenvalue weighted by atomic mass is 9.96. The van der Waals surface area contributed by atoms with E-state index in [1.165, 1.54) is 22.6 Å². The number of aryl methyl sites for hydroxylation is 1. The highest BCUT2D eigenvalue weighted by Gasteiger charge is 2.28. The van der Waals surface area contributed by atoms with Crippen LogP contribution >= 0.6 is 11.3 Å². The standard InChI is InChI=1S/C23H23NO4S/c1-2-27-23(26)20-16-12-8-3-4-9-13-19(16)29-21(20)24-17-14-18(28-22(17)25)15-10-6-5-7-11-15/h5-7,10-11,14H,2-4,8-9,12-13H2,1H3/b24-17+. The Morgan fingerprint density at radius 3 is 2.66 bits per heavy atom. The Morgan fingerprint density at radius 2 is 1.90 bits per heavy atom. The molecule has 1 aromatic heterocycles. The Bertz CT molecular complexity index is 988. The Balaban J connectivity index is 1.75. The van der Waals surface area contributed by atoms with Crippen LogP contribution < -0.4 is 0 Å². The highest BCUT2D eigenvalue weighted by molar-refractivity contribution is 7.16. The molecule has 1 aromatic carbocycles. The van der Waals surface area contributed by atoms with E-state index in [1.54, 1.807) is 13.0 Å². The molecule has 0 radical (unpaired) electrons. The molecule has 0 spiro atoms. The highest BCUT2D eigenvalue weighted by Crippen LogP contribution is 2.40. The lowest BCUT2D eigenvalue weighted by Gasteiger charge is -2.10. The first-order chi connectivity index (χ1) is 14.2. The molecule has 0 saturated heterocycles. The van der Waals surface area contributed by atoms with E-state index in [4.69, 9.17) is 9.47 Å². The normalized spacial score (nSPS) is 17.9. The number of fused-ring (bicyclic) bond motifs is 1. The maximum Gasteiger partial charge on any atom is 0.362 e. The average molecular weight is 410 g/mol. The number of carbonyl (C=O) groups is 2. The number of benzene rings is 1. The number of carbonyl (C=O) groups excluding carboxylic acids is 2. The van der Waals surface area contributed by atoms with Gasteiger partial charge in [0.2, 0.25) is 0 Å². The zero-order valence-electron chi connectivity index (χ0n) is 16.4. The second-order valence-electron chi connectivity index (χ2n) is 7.08. The molecule has 0 saturated carbocycles. The Hall–Kier alpha value is -2.73. The molecule has 150 valence electrons. The van der Waals surface area contributed by atoms with Crippen molar-refractivity contribution in [3.8, 4) is 0 Å². The SMILES string of the molecule is CCOC(=O)c1c(/N=C2\C=C(c3ccccc3)OC2=O)sc2c1CCCCCC2. The molecule has 0 amide bonds. The molecule has 6 heteroatoms. The molecule has 1 aliphatic carbocycles. The number of thiophene rings is 1. The summed E-state index contributed by atoms with van der Waals surface area (Å²) in [5.41, 5.74) is 2.60. The van der Waals surface area contributed by atoms with Crippen molar-refractivity contribution < 1.29 is 19.1 Å². The van der Waals surface area contributed by atoms with Crippen molar-refractivity contribution in [3.63, 3.8) is 0 Å². The molecule has 5 nitrogen and oxygen atoms in total. The van der Waals surface area contributed by atoms with Crippen LogP contribution in [0, 0.1) is 0 Å². The predicted octanol–water partition coefficient (Wildman–Crippen LogP) is 5.25. The van der Waals surface area contributed by atoms with Crippen molar-refractivity contribution >= 4 is 39.7 Å². The molecule has 0 fully saturated rings. The number of aliphatic imine (C=N–C) groups is 1. The van der Waals surface area contributed by atoms with Gasteiger partial charge in [0.05, 0.1) is 12.2 Å². The molecule has 2 aromatic rings. The van der Waals surface area contributed by atoms with Gasteiger partial charge < -0.3 is 9.47 Å². The predicted molar refractivity (Wildman–Crippen MR) is 114 cm³/mol. The molecule has 2 aliphatic rings. The third-order valence-electron chi connectivity index (χ3n) is 5.09. The van der Waals surface area contributed by atoms with Crippen molar-refractivity contribution in [3.05, 3.63) is 58.0 Å². The molecular formula is C23H23NO4S. The molecule has 4 rings (SSSR count). The Labute approximate surface area is 174 Å². The monoisotopic (exact) mass is 409 g/mol. The summed E-state index contributed by atoms with van der Waals surface area (Å²) >= 11 is 1.50. The van der Waals surface area contributed by atoms with E-state index in [0.29, 0.717) is 22.9 Å². The Kier molecular flexibility index (Phi) is 5.90. The second-order valence-corrected chi connectivity index (χ2v) is 8.16. The van der Waals surface area contributed by atoms with Crippen molar-refractivity contribution in [2.24, 2.45) is 4.99 Å². The summed E-state index contributed by atoms with van der Waals surface area (Å²) in [6.07, 6.45) is 7.94. The summed E-state index contributed by atoms with van der Waals surface area (Å²) < 4.78 is 10.7. The Morgan fingerprint density at radius 1 is 1.14 bits per heavy atom. The van der Waals surface area contributed by atoms with E-state index in [-0.39, 0.29) is 11.7 Å². The van der Waals surface area contributed by atoms with E-state index in [9.17, 15) is 9.59 Å². The van der Waals surface area contributed by atoms with Crippen molar-refractivity contribution in [2.75, 3.05) is 6.61 Å². The van der Waals surface area contributed by atoms with E-state index < -0.39 is 5.97 Å². The van der Waals surface area contributed by atoms with Gasteiger partial charge in [-0.15, -0.1) is 11.3 Å². The lowest BCUT2D eigenvalue weighted by molar-refractivity contribution is -0.128. The van der Waals surface area contributed by atoms with E-state index >= 15 is 0 Å². The van der Waals surface area contributed by atoms with Crippen LogP contribution in [0.1, 0.15) is 59.0 Å². The fraction of sp³-hybridized carbons (Fsp3) is 0.348. The zero-order chi connectivity index (χ0) is 20.2. The van der Waals surface area contributed by atoms with Crippen LogP contribution in [0.15, 0.2) is 41.4 Å². The summed E-state index contributed by atoms with van der Waals surface area (Å²) in [5, 5.41) is 0.549. The van der Waals surface area contributed by atoms with Crippen molar-refractivity contribution in [1.82, 2.24) is 0 Å². The summed E-state index contributed by atoms with van der Waals surface area (Å²) in [6, 6.07) is 9.43. The molecule has 0 bridgehead atoms. The van der Waals surface area contributed by atoms with Gasteiger partial charge in [-0.25, -0.2) is 14.6 Å². The molecule has 0 unspecified atom stereocenters. The summed E-state index contributed by atoms with van der Waals surface area (Å²) in [6.45, 7) is 2.10. The largest absolute Gasteiger partial charge is 0.462 e. The van der Waals surface area contributed by atoms with Crippen LogP contribution in [-0.4, -0.2) is 24.3 Å². The first-order valence-corrected chi connectivity index (χ1v) is 10.9. The molecule has 29 heavy (non-hydrogen) atoms. The van der Waals surface area contributed by atoms with E-state index in [0.717, 1.165) is 43.2 Å². The fourth-order valence-corrected chi connectivity index (χ4v) is 4.95. The molecule has 0 N–H and O–H groups in total. The van der Waals surface area contributed by atoms with Gasteiger partial charge >= 0.3 is 11.9 Å². The minimum absolute atomic E-state index is 0.212. The van der Waals surface area contributed by atoms with Gasteiger partial charge in [-0.1, -0.05) is 43.2 Å². The number of nitrogens with zero attached hydrogens (tertiary/aromatic N) is 1. The van der Waals surface area contributed by atoms with Crippen molar-refractivity contribution in [2.45, 2.75) is 45.4 Å². The van der Waals surface area contributed by atoms with Crippen LogP contribution in [0.4, 0.5) is 5.00 Å². The number of ether oxygens (including phenoxy) is 2. The molecule has 2 heterocycles. The minimum atomic E-state index is -0.500. The van der Waals surface area contributed by atoms with E-state index in [1.807, 2.05) is 30.3 Å². The minimum Gasteiger partial charge on any atom is -0.462 e. The second kappa shape index (κ2) is 8.74. The lowest BCUT2D eigenvalue weighted by Crippen LogP contribution is -2.10. The molecular weight excluding hydrogens is 386 g/mol. The maximum atomic E-state index is 12.7. The van der Waals surface area contributed by atoms with Gasteiger partial charge in [-0.2, -0.15) is 0 Å². The average Bonchev–Trinajstić information content (AvgIpc) is 3.23. The number of rotatable bonds is 4. The first-order valence-electron chi connectivity index (χ1n) is 10.1. The van der Waals surface area contributed by atoms with Crippen LogP contribution in [0.5, 0.6) is 0 Å². The van der Waals surface area contributed by atoms with Gasteiger partial charge in [-0.3, -0.25) is 0 Å². The van der Waals surface area contributed by atoms with Gasteiger partial charge in [-0.05, 0) is 38.2 Å². The van der Waals surface area contributed by atoms with Crippen molar-refractivity contribution in [1.29, 1.82) is 0 Å². The van der Waals surface area contributed by atoms with Gasteiger partial charge in [0.25, 0.3) is 0 Å². The van der Waals surface area contributed by atoms with Crippen LogP contribution in [0.2, 0.25) is 0 Å². The fourth-order valence-electron chi connectivity index (χ4n) is 3.69. The third-order valence-corrected chi connectivity index (χ3v) is 6.28. The molecule has 1 aliphatic heterocycles. The maximum absolute atomic E-state index is 12.7. The first kappa shape index (κ1) is 19.6. The summed E-state index contributed by atoms with van der Waals surface area (Å²) in [4.78, 5) is 30.9. The number of hydrogen-bond acceptors (Lipinski definition) is 6. The summed E-state index contributed by atoms with van der Waals surface area (Å²) in [7, 11) is 0. The topological polar surface area (TPSA) is 65.0 Å². The highest BCUT2D eigenvalue weighted by atomic mass is 32.1. The summed E-state index contributed by atoms with van der Waals surface area (Å²) in [5.74, 6) is -0.384. The number of hydrogen-bond donors (Lipinski definition) is 0. The van der Waals surface area contributed by atoms with Gasteiger partial charge in [0.15, 0.2) is 5.71 Å². The van der Waals surface area contributed by atoms with Crippen LogP contribution in [0.3, 0.4) is 0 Å². The number of esters is 2. The van der Waals surface area contributed by atoms with Gasteiger partial charge in [0.1, 0.15) is 10.8 Å². The van der Waals surface area contributed by atoms with E-state index in [2.05, 4.69) is 4.99 Å². The van der Waals surface area contributed by atoms with Crippen LogP contribution in [-0.2, 0) is 27.1 Å². The smallest absolute Gasteiger partial charge is 0.362 e. The quantitative estimate of drug-likeness (QED) is 0.647. The van der Waals surface area contributed by atoms with Crippen LogP contribution in [0.25, 0.3) is 5.76 Å². The van der Waals surface area contributed by atoms with Gasteiger partial charge in [0, 0.05) is 16.5 Å². The number of cyclic esters (lactones) is 1.